The maximum Gasteiger partial charge on any atom is 0.215 e. The fraction of sp³-hybridized carbons (Fsp3) is 1.00. The van der Waals surface area contributed by atoms with Crippen LogP contribution in [-0.4, -0.2) is 55.9 Å². The third kappa shape index (κ3) is 3.40. The Morgan fingerprint density at radius 1 is 1.29 bits per heavy atom. The molecule has 2 aliphatic rings. The van der Waals surface area contributed by atoms with Crippen LogP contribution in [0.3, 0.4) is 0 Å². The summed E-state index contributed by atoms with van der Waals surface area (Å²) in [5, 5.41) is 12.3. The lowest BCUT2D eigenvalue weighted by atomic mass is 10.1. The Bertz CT molecular complexity index is 339. The maximum absolute atomic E-state index is 12.2. The number of hydrogen-bond donors (Lipinski definition) is 2. The first kappa shape index (κ1) is 13.3. The van der Waals surface area contributed by atoms with Crippen LogP contribution in [0.2, 0.25) is 0 Å². The molecule has 17 heavy (non-hydrogen) atoms. The molecule has 0 aromatic carbocycles. The van der Waals surface area contributed by atoms with Gasteiger partial charge < -0.3 is 10.4 Å². The average molecular weight is 262 g/mol. The number of piperidine rings is 1. The van der Waals surface area contributed by atoms with Gasteiger partial charge in [0.1, 0.15) is 0 Å². The number of aliphatic hydroxyl groups excluding tert-OH is 1. The molecule has 0 radical (unpaired) electrons. The zero-order chi connectivity index (χ0) is 12.3. The molecule has 2 heterocycles. The van der Waals surface area contributed by atoms with E-state index in [1.165, 1.54) is 0 Å². The van der Waals surface area contributed by atoms with Gasteiger partial charge in [0.15, 0.2) is 0 Å². The highest BCUT2D eigenvalue weighted by Gasteiger charge is 2.32. The van der Waals surface area contributed by atoms with Gasteiger partial charge in [-0.05, 0) is 31.7 Å². The molecule has 0 bridgehead atoms. The number of hydrogen-bond acceptors (Lipinski definition) is 4. The summed E-state index contributed by atoms with van der Waals surface area (Å²) in [6.45, 7) is 2.08. The number of nitrogens with zero attached hydrogens (tertiary/aromatic N) is 1. The number of aliphatic hydroxyl groups is 1. The van der Waals surface area contributed by atoms with Gasteiger partial charge in [0.2, 0.25) is 10.0 Å². The Kier molecular flexibility index (Phi) is 4.41. The van der Waals surface area contributed by atoms with Gasteiger partial charge in [-0.15, -0.1) is 0 Å². The highest BCUT2D eigenvalue weighted by molar-refractivity contribution is 7.89. The lowest BCUT2D eigenvalue weighted by Gasteiger charge is -2.25. The Morgan fingerprint density at radius 2 is 2.12 bits per heavy atom. The second kappa shape index (κ2) is 5.65. The molecule has 6 heteroatoms. The Labute approximate surface area is 103 Å². The van der Waals surface area contributed by atoms with Gasteiger partial charge in [-0.25, -0.2) is 12.7 Å². The Hall–Kier alpha value is -0.170. The van der Waals surface area contributed by atoms with Gasteiger partial charge in [0, 0.05) is 25.7 Å². The molecule has 5 nitrogen and oxygen atoms in total. The van der Waals surface area contributed by atoms with Crippen molar-refractivity contribution < 1.29 is 13.5 Å². The lowest BCUT2D eigenvalue weighted by molar-refractivity contribution is 0.233. The third-order valence-electron chi connectivity index (χ3n) is 3.72. The van der Waals surface area contributed by atoms with Crippen LogP contribution in [0.25, 0.3) is 0 Å². The smallest absolute Gasteiger partial charge is 0.215 e. The second-order valence-electron chi connectivity index (χ2n) is 5.12. The summed E-state index contributed by atoms with van der Waals surface area (Å²) in [6, 6.07) is 0.113. The summed E-state index contributed by atoms with van der Waals surface area (Å²) in [5.74, 6) is 0.342. The zero-order valence-electron chi connectivity index (χ0n) is 10.1. The summed E-state index contributed by atoms with van der Waals surface area (Å²) in [7, 11) is -3.14. The molecule has 2 unspecified atom stereocenters. The van der Waals surface area contributed by atoms with Crippen LogP contribution in [0.4, 0.5) is 0 Å². The van der Waals surface area contributed by atoms with Crippen LogP contribution >= 0.6 is 0 Å². The standard InChI is InChI=1S/C11H22N2O3S/c14-8-10-4-6-13(7-10)17(15,16)9-11-3-1-2-5-12-11/h10-12,14H,1-9H2. The largest absolute Gasteiger partial charge is 0.396 e. The summed E-state index contributed by atoms with van der Waals surface area (Å²) in [6.07, 6.45) is 4.00. The van der Waals surface area contributed by atoms with Crippen LogP contribution in [0.5, 0.6) is 0 Å². The first-order valence-electron chi connectivity index (χ1n) is 6.44. The van der Waals surface area contributed by atoms with E-state index in [-0.39, 0.29) is 24.3 Å². The molecule has 0 amide bonds. The lowest BCUT2D eigenvalue weighted by Crippen LogP contribution is -2.43. The van der Waals surface area contributed by atoms with Crippen molar-refractivity contribution >= 4 is 10.0 Å². The van der Waals surface area contributed by atoms with Gasteiger partial charge >= 0.3 is 0 Å². The molecule has 2 atom stereocenters. The minimum Gasteiger partial charge on any atom is -0.396 e. The van der Waals surface area contributed by atoms with E-state index >= 15 is 0 Å². The molecule has 2 N–H and O–H groups in total. The molecule has 2 fully saturated rings. The Morgan fingerprint density at radius 3 is 2.71 bits per heavy atom. The van der Waals surface area contributed by atoms with Gasteiger partial charge in [-0.3, -0.25) is 0 Å². The first-order valence-corrected chi connectivity index (χ1v) is 8.05. The predicted octanol–water partition coefficient (Wildman–Crippen LogP) is -0.227. The molecule has 0 saturated carbocycles. The molecular weight excluding hydrogens is 240 g/mol. The molecule has 100 valence electrons. The van der Waals surface area contributed by atoms with Crippen molar-refractivity contribution in [2.45, 2.75) is 31.7 Å². The molecule has 2 rings (SSSR count). The van der Waals surface area contributed by atoms with E-state index in [0.29, 0.717) is 13.1 Å². The van der Waals surface area contributed by atoms with Gasteiger partial charge in [-0.2, -0.15) is 0 Å². The van der Waals surface area contributed by atoms with Crippen molar-refractivity contribution in [3.05, 3.63) is 0 Å². The molecule has 2 saturated heterocycles. The van der Waals surface area contributed by atoms with Gasteiger partial charge in [0.05, 0.1) is 5.75 Å². The minimum absolute atomic E-state index is 0.0910. The average Bonchev–Trinajstić information content (AvgIpc) is 2.79. The minimum atomic E-state index is -3.14. The molecule has 2 aliphatic heterocycles. The van der Waals surface area contributed by atoms with Crippen LogP contribution < -0.4 is 5.32 Å². The first-order chi connectivity index (χ1) is 8.12. The van der Waals surface area contributed by atoms with Crippen molar-refractivity contribution in [3.8, 4) is 0 Å². The van der Waals surface area contributed by atoms with Crippen molar-refractivity contribution in [1.82, 2.24) is 9.62 Å². The maximum atomic E-state index is 12.2. The van der Waals surface area contributed by atoms with E-state index < -0.39 is 10.0 Å². The van der Waals surface area contributed by atoms with Crippen molar-refractivity contribution in [1.29, 1.82) is 0 Å². The van der Waals surface area contributed by atoms with E-state index in [4.69, 9.17) is 5.11 Å². The SMILES string of the molecule is O=S(=O)(CC1CCCCN1)N1CCC(CO)C1. The molecular formula is C11H22N2O3S. The van der Waals surface area contributed by atoms with Crippen LogP contribution in [-0.2, 0) is 10.0 Å². The Balaban J connectivity index is 1.90. The topological polar surface area (TPSA) is 69.6 Å². The van der Waals surface area contributed by atoms with E-state index in [0.717, 1.165) is 32.2 Å². The van der Waals surface area contributed by atoms with Crippen molar-refractivity contribution in [2.75, 3.05) is 32.0 Å². The summed E-state index contributed by atoms with van der Waals surface area (Å²) < 4.78 is 25.9. The highest BCUT2D eigenvalue weighted by Crippen LogP contribution is 2.20. The number of nitrogens with one attached hydrogen (secondary N) is 1. The number of sulfonamides is 1. The van der Waals surface area contributed by atoms with Crippen LogP contribution in [0.1, 0.15) is 25.7 Å². The van der Waals surface area contributed by atoms with E-state index in [9.17, 15) is 8.42 Å². The monoisotopic (exact) mass is 262 g/mol. The normalized spacial score (nSPS) is 31.8. The molecule has 0 aliphatic carbocycles. The van der Waals surface area contributed by atoms with E-state index in [2.05, 4.69) is 5.32 Å². The van der Waals surface area contributed by atoms with Crippen LogP contribution in [0.15, 0.2) is 0 Å². The van der Waals surface area contributed by atoms with E-state index in [1.54, 1.807) is 4.31 Å². The number of rotatable bonds is 4. The van der Waals surface area contributed by atoms with Crippen molar-refractivity contribution in [3.63, 3.8) is 0 Å². The molecule has 0 spiro atoms. The zero-order valence-corrected chi connectivity index (χ0v) is 11.0. The fourth-order valence-electron chi connectivity index (χ4n) is 2.62. The highest BCUT2D eigenvalue weighted by atomic mass is 32.2. The van der Waals surface area contributed by atoms with Crippen molar-refractivity contribution in [2.24, 2.45) is 5.92 Å². The predicted molar refractivity (Wildman–Crippen MR) is 66.2 cm³/mol. The summed E-state index contributed by atoms with van der Waals surface area (Å²) in [5.41, 5.74) is 0. The second-order valence-corrected chi connectivity index (χ2v) is 7.13. The fourth-order valence-corrected chi connectivity index (χ4v) is 4.45. The van der Waals surface area contributed by atoms with Crippen LogP contribution in [0, 0.1) is 5.92 Å². The summed E-state index contributed by atoms with van der Waals surface area (Å²) >= 11 is 0. The van der Waals surface area contributed by atoms with Gasteiger partial charge in [-0.1, -0.05) is 6.42 Å². The third-order valence-corrected chi connectivity index (χ3v) is 5.67. The summed E-state index contributed by atoms with van der Waals surface area (Å²) in [4.78, 5) is 0. The molecule has 0 aromatic rings. The van der Waals surface area contributed by atoms with Gasteiger partial charge in [0.25, 0.3) is 0 Å². The van der Waals surface area contributed by atoms with E-state index in [1.807, 2.05) is 0 Å². The molecule has 0 aromatic heterocycles. The quantitative estimate of drug-likeness (QED) is 0.734.